The highest BCUT2D eigenvalue weighted by Gasteiger charge is 2.27. The molecule has 0 radical (unpaired) electrons. The molecule has 6 heteroatoms. The normalized spacial score (nSPS) is 17.4. The molecular weight excluding hydrogens is 332 g/mol. The van der Waals surface area contributed by atoms with Gasteiger partial charge in [0.25, 0.3) is 0 Å². The standard InChI is InChI=1S/C20H28N2O4/c1-16(23)22(15-20(25)26)18-10-6-13-21(14-12-18)19(24)11-5-9-17-7-3-2-4-8-17/h2-4,7-8,18H,5-6,9-15H2,1H3,(H,25,26)/t18-/m1/s1. The first kappa shape index (κ1) is 19.9. The van der Waals surface area contributed by atoms with Crippen LogP contribution in [0.15, 0.2) is 30.3 Å². The number of carbonyl (C=O) groups excluding carboxylic acids is 2. The van der Waals surface area contributed by atoms with Gasteiger partial charge >= 0.3 is 5.97 Å². The van der Waals surface area contributed by atoms with Crippen LogP contribution in [0.1, 0.15) is 44.6 Å². The Morgan fingerprint density at radius 1 is 1.15 bits per heavy atom. The minimum Gasteiger partial charge on any atom is -0.480 e. The second kappa shape index (κ2) is 9.94. The first-order valence-electron chi connectivity index (χ1n) is 9.28. The number of hydrogen-bond acceptors (Lipinski definition) is 3. The Bertz CT molecular complexity index is 617. The third kappa shape index (κ3) is 6.17. The summed E-state index contributed by atoms with van der Waals surface area (Å²) < 4.78 is 0. The van der Waals surface area contributed by atoms with Crippen LogP contribution in [0, 0.1) is 0 Å². The number of hydrogen-bond donors (Lipinski definition) is 1. The average Bonchev–Trinajstić information content (AvgIpc) is 2.86. The Kier molecular flexibility index (Phi) is 7.63. The lowest BCUT2D eigenvalue weighted by Crippen LogP contribution is -2.43. The lowest BCUT2D eigenvalue weighted by Gasteiger charge is -2.28. The highest BCUT2D eigenvalue weighted by atomic mass is 16.4. The Hall–Kier alpha value is -2.37. The number of carbonyl (C=O) groups is 3. The summed E-state index contributed by atoms with van der Waals surface area (Å²) in [5.74, 6) is -1.08. The molecule has 1 aliphatic heterocycles. The summed E-state index contributed by atoms with van der Waals surface area (Å²) in [6.45, 7) is 2.39. The maximum absolute atomic E-state index is 12.5. The van der Waals surface area contributed by atoms with Crippen molar-refractivity contribution in [2.75, 3.05) is 19.6 Å². The summed E-state index contributed by atoms with van der Waals surface area (Å²) in [5.41, 5.74) is 1.24. The zero-order valence-corrected chi connectivity index (χ0v) is 15.4. The van der Waals surface area contributed by atoms with Crippen LogP contribution in [-0.2, 0) is 20.8 Å². The number of amides is 2. The summed E-state index contributed by atoms with van der Waals surface area (Å²) in [7, 11) is 0. The molecule has 0 aliphatic carbocycles. The zero-order valence-electron chi connectivity index (χ0n) is 15.4. The van der Waals surface area contributed by atoms with Gasteiger partial charge in [-0.1, -0.05) is 30.3 Å². The molecule has 1 fully saturated rings. The topological polar surface area (TPSA) is 77.9 Å². The number of nitrogens with zero attached hydrogens (tertiary/aromatic N) is 2. The molecule has 0 unspecified atom stereocenters. The Morgan fingerprint density at radius 2 is 1.88 bits per heavy atom. The molecule has 0 bridgehead atoms. The van der Waals surface area contributed by atoms with E-state index in [4.69, 9.17) is 5.11 Å². The van der Waals surface area contributed by atoms with E-state index in [2.05, 4.69) is 12.1 Å². The number of aliphatic carboxylic acids is 1. The quantitative estimate of drug-likeness (QED) is 0.809. The van der Waals surface area contributed by atoms with Gasteiger partial charge in [0, 0.05) is 32.5 Å². The molecule has 142 valence electrons. The van der Waals surface area contributed by atoms with Crippen LogP contribution in [0.3, 0.4) is 0 Å². The Labute approximate surface area is 154 Å². The van der Waals surface area contributed by atoms with Gasteiger partial charge in [-0.25, -0.2) is 0 Å². The van der Waals surface area contributed by atoms with Gasteiger partial charge in [0.2, 0.25) is 11.8 Å². The van der Waals surface area contributed by atoms with Crippen LogP contribution < -0.4 is 0 Å². The minimum absolute atomic E-state index is 0.106. The first-order valence-corrected chi connectivity index (χ1v) is 9.28. The fourth-order valence-corrected chi connectivity index (χ4v) is 3.53. The molecule has 2 amide bonds. The molecule has 1 saturated heterocycles. The fraction of sp³-hybridized carbons (Fsp3) is 0.550. The number of benzene rings is 1. The predicted octanol–water partition coefficient (Wildman–Crippen LogP) is 2.32. The van der Waals surface area contributed by atoms with Crippen molar-refractivity contribution in [3.05, 3.63) is 35.9 Å². The van der Waals surface area contributed by atoms with Gasteiger partial charge in [0.05, 0.1) is 0 Å². The molecular formula is C20H28N2O4. The Balaban J connectivity index is 1.82. The van der Waals surface area contributed by atoms with Crippen molar-refractivity contribution in [2.24, 2.45) is 0 Å². The lowest BCUT2D eigenvalue weighted by molar-refractivity contribution is -0.145. The fourth-order valence-electron chi connectivity index (χ4n) is 3.53. The number of likely N-dealkylation sites (tertiary alicyclic amines) is 1. The van der Waals surface area contributed by atoms with E-state index in [9.17, 15) is 14.4 Å². The van der Waals surface area contributed by atoms with Crippen LogP contribution in [0.2, 0.25) is 0 Å². The number of aryl methyl sites for hydroxylation is 1. The van der Waals surface area contributed by atoms with Gasteiger partial charge in [-0.2, -0.15) is 0 Å². The van der Waals surface area contributed by atoms with Gasteiger partial charge in [-0.05, 0) is 37.7 Å². The summed E-state index contributed by atoms with van der Waals surface area (Å²) in [6, 6.07) is 10.0. The maximum atomic E-state index is 12.5. The van der Waals surface area contributed by atoms with Crippen molar-refractivity contribution in [1.82, 2.24) is 9.80 Å². The van der Waals surface area contributed by atoms with Crippen molar-refractivity contribution < 1.29 is 19.5 Å². The maximum Gasteiger partial charge on any atom is 0.323 e. The minimum atomic E-state index is -1.00. The molecule has 1 heterocycles. The predicted molar refractivity (Wildman–Crippen MR) is 98.6 cm³/mol. The van der Waals surface area contributed by atoms with E-state index < -0.39 is 5.97 Å². The van der Waals surface area contributed by atoms with Crippen LogP contribution in [0.4, 0.5) is 0 Å². The van der Waals surface area contributed by atoms with Crippen LogP contribution in [0.25, 0.3) is 0 Å². The summed E-state index contributed by atoms with van der Waals surface area (Å²) >= 11 is 0. The lowest BCUT2D eigenvalue weighted by atomic mass is 10.1. The van der Waals surface area contributed by atoms with Crippen LogP contribution >= 0.6 is 0 Å². The van der Waals surface area contributed by atoms with Gasteiger partial charge in [0.15, 0.2) is 0 Å². The van der Waals surface area contributed by atoms with Crippen molar-refractivity contribution >= 4 is 17.8 Å². The molecule has 26 heavy (non-hydrogen) atoms. The Morgan fingerprint density at radius 3 is 2.54 bits per heavy atom. The summed E-state index contributed by atoms with van der Waals surface area (Å²) in [4.78, 5) is 38.5. The van der Waals surface area contributed by atoms with Gasteiger partial charge in [-0.15, -0.1) is 0 Å². The monoisotopic (exact) mass is 360 g/mol. The number of carboxylic acid groups (broad SMARTS) is 1. The average molecular weight is 360 g/mol. The zero-order chi connectivity index (χ0) is 18.9. The molecule has 0 saturated carbocycles. The van der Waals surface area contributed by atoms with Gasteiger partial charge in [-0.3, -0.25) is 14.4 Å². The highest BCUT2D eigenvalue weighted by molar-refractivity contribution is 5.80. The first-order chi connectivity index (χ1) is 12.5. The van der Waals surface area contributed by atoms with Crippen LogP contribution in [-0.4, -0.2) is 58.4 Å². The van der Waals surface area contributed by atoms with Crippen molar-refractivity contribution in [3.63, 3.8) is 0 Å². The third-order valence-electron chi connectivity index (χ3n) is 4.90. The van der Waals surface area contributed by atoms with Crippen molar-refractivity contribution in [2.45, 2.75) is 51.5 Å². The highest BCUT2D eigenvalue weighted by Crippen LogP contribution is 2.18. The van der Waals surface area contributed by atoms with E-state index >= 15 is 0 Å². The van der Waals surface area contributed by atoms with Gasteiger partial charge in [0.1, 0.15) is 6.54 Å². The molecule has 0 spiro atoms. The molecule has 1 aromatic rings. The van der Waals surface area contributed by atoms with Crippen molar-refractivity contribution in [3.8, 4) is 0 Å². The smallest absolute Gasteiger partial charge is 0.323 e. The molecule has 1 N–H and O–H groups in total. The van der Waals surface area contributed by atoms with E-state index in [0.29, 0.717) is 25.9 Å². The molecule has 1 aliphatic rings. The molecule has 1 aromatic carbocycles. The van der Waals surface area contributed by atoms with Gasteiger partial charge < -0.3 is 14.9 Å². The van der Waals surface area contributed by atoms with E-state index in [-0.39, 0.29) is 24.4 Å². The van der Waals surface area contributed by atoms with E-state index in [1.54, 1.807) is 0 Å². The molecule has 2 rings (SSSR count). The van der Waals surface area contributed by atoms with E-state index in [1.807, 2.05) is 23.1 Å². The van der Waals surface area contributed by atoms with E-state index in [0.717, 1.165) is 25.7 Å². The van der Waals surface area contributed by atoms with Crippen LogP contribution in [0.5, 0.6) is 0 Å². The number of carboxylic acids is 1. The molecule has 0 aromatic heterocycles. The van der Waals surface area contributed by atoms with Crippen molar-refractivity contribution in [1.29, 1.82) is 0 Å². The largest absolute Gasteiger partial charge is 0.480 e. The second-order valence-corrected chi connectivity index (χ2v) is 6.85. The second-order valence-electron chi connectivity index (χ2n) is 6.85. The van der Waals surface area contributed by atoms with E-state index in [1.165, 1.54) is 17.4 Å². The SMILES string of the molecule is CC(=O)N(CC(=O)O)[C@@H]1CCCN(C(=O)CCCc2ccccc2)CC1. The number of rotatable bonds is 7. The third-order valence-corrected chi connectivity index (χ3v) is 4.90. The molecule has 1 atom stereocenters. The summed E-state index contributed by atoms with van der Waals surface area (Å²) in [6.07, 6.45) is 4.39. The molecule has 6 nitrogen and oxygen atoms in total. The summed E-state index contributed by atoms with van der Waals surface area (Å²) in [5, 5.41) is 9.01.